The lowest BCUT2D eigenvalue weighted by Crippen LogP contribution is -2.27. The number of carbonyl (C=O) groups is 3. The van der Waals surface area contributed by atoms with Crippen LogP contribution in [-0.4, -0.2) is 22.6 Å². The number of thiophene rings is 1. The minimum atomic E-state index is -1.58. The zero-order valence-electron chi connectivity index (χ0n) is 7.69. The first-order chi connectivity index (χ1) is 6.93. The van der Waals surface area contributed by atoms with E-state index in [4.69, 9.17) is 5.11 Å². The highest BCUT2D eigenvalue weighted by molar-refractivity contribution is 9.11. The molecule has 0 aliphatic rings. The van der Waals surface area contributed by atoms with Crippen molar-refractivity contribution in [3.8, 4) is 0 Å². The molecule has 0 amide bonds. The monoisotopic (exact) mass is 290 g/mol. The highest BCUT2D eigenvalue weighted by Gasteiger charge is 2.28. The molecule has 4 nitrogen and oxygen atoms in total. The van der Waals surface area contributed by atoms with Gasteiger partial charge in [0.25, 0.3) is 0 Å². The Labute approximate surface area is 98.0 Å². The van der Waals surface area contributed by atoms with Crippen LogP contribution < -0.4 is 0 Å². The van der Waals surface area contributed by atoms with Crippen LogP contribution in [0.2, 0.25) is 0 Å². The van der Waals surface area contributed by atoms with Crippen molar-refractivity contribution >= 4 is 44.8 Å². The largest absolute Gasteiger partial charge is 0.475 e. The van der Waals surface area contributed by atoms with Gasteiger partial charge in [-0.15, -0.1) is 11.3 Å². The van der Waals surface area contributed by atoms with Crippen molar-refractivity contribution in [2.45, 2.75) is 6.92 Å². The first kappa shape index (κ1) is 12.1. The molecule has 15 heavy (non-hydrogen) atoms. The van der Waals surface area contributed by atoms with Gasteiger partial charge in [-0.05, 0) is 35.0 Å². The molecule has 1 rings (SSSR count). The molecule has 0 saturated carbocycles. The van der Waals surface area contributed by atoms with Crippen LogP contribution >= 0.6 is 27.3 Å². The average Bonchev–Trinajstić information content (AvgIpc) is 2.61. The minimum Gasteiger partial charge on any atom is -0.475 e. The number of rotatable bonds is 4. The van der Waals surface area contributed by atoms with Crippen LogP contribution in [0.1, 0.15) is 16.6 Å². The maximum atomic E-state index is 11.6. The second kappa shape index (κ2) is 4.67. The van der Waals surface area contributed by atoms with Crippen molar-refractivity contribution < 1.29 is 19.5 Å². The van der Waals surface area contributed by atoms with Crippen LogP contribution in [0.5, 0.6) is 0 Å². The van der Waals surface area contributed by atoms with Crippen molar-refractivity contribution in [1.82, 2.24) is 0 Å². The predicted molar refractivity (Wildman–Crippen MR) is 58.2 cm³/mol. The van der Waals surface area contributed by atoms with Gasteiger partial charge in [0.1, 0.15) is 0 Å². The molecule has 1 aromatic rings. The Bertz CT molecular complexity index is 424. The molecular formula is C9H7BrO4S. The lowest BCUT2D eigenvalue weighted by Gasteiger charge is -2.03. The van der Waals surface area contributed by atoms with Crippen LogP contribution in [0, 0.1) is 5.92 Å². The third-order valence-electron chi connectivity index (χ3n) is 1.81. The van der Waals surface area contributed by atoms with Gasteiger partial charge in [0.15, 0.2) is 5.78 Å². The number of hydrogen-bond acceptors (Lipinski definition) is 4. The van der Waals surface area contributed by atoms with Gasteiger partial charge >= 0.3 is 5.97 Å². The van der Waals surface area contributed by atoms with Crippen molar-refractivity contribution in [3.63, 3.8) is 0 Å². The molecule has 0 aliphatic heterocycles. The van der Waals surface area contributed by atoms with Crippen LogP contribution in [0.25, 0.3) is 0 Å². The van der Waals surface area contributed by atoms with Gasteiger partial charge in [0.2, 0.25) is 5.78 Å². The van der Waals surface area contributed by atoms with Crippen molar-refractivity contribution in [2.24, 2.45) is 5.92 Å². The van der Waals surface area contributed by atoms with Gasteiger partial charge in [-0.25, -0.2) is 4.79 Å². The summed E-state index contributed by atoms with van der Waals surface area (Å²) in [5.74, 6) is -4.25. The summed E-state index contributed by atoms with van der Waals surface area (Å²) in [4.78, 5) is 33.4. The molecule has 0 radical (unpaired) electrons. The topological polar surface area (TPSA) is 71.4 Å². The lowest BCUT2D eigenvalue weighted by atomic mass is 10.0. The number of ketones is 2. The van der Waals surface area contributed by atoms with Gasteiger partial charge in [0, 0.05) is 0 Å². The van der Waals surface area contributed by atoms with E-state index in [1.54, 1.807) is 12.1 Å². The molecule has 0 aliphatic carbocycles. The number of hydrogen-bond donors (Lipinski definition) is 1. The van der Waals surface area contributed by atoms with Gasteiger partial charge < -0.3 is 5.11 Å². The molecule has 6 heteroatoms. The predicted octanol–water partition coefficient (Wildman–Crippen LogP) is 1.98. The first-order valence-electron chi connectivity index (χ1n) is 4.00. The zero-order valence-corrected chi connectivity index (χ0v) is 10.1. The normalized spacial score (nSPS) is 12.1. The van der Waals surface area contributed by atoms with Crippen LogP contribution in [0.4, 0.5) is 0 Å². The zero-order chi connectivity index (χ0) is 11.6. The number of carboxylic acid groups (broad SMARTS) is 1. The standard InChI is InChI=1S/C9H7BrO4S/c1-4(8(12)9(13)14)7(11)5-2-3-6(10)15-5/h2-4H,1H3,(H,13,14). The fourth-order valence-corrected chi connectivity index (χ4v) is 2.38. The Kier molecular flexibility index (Phi) is 3.76. The quantitative estimate of drug-likeness (QED) is 0.523. The maximum absolute atomic E-state index is 11.6. The second-order valence-electron chi connectivity index (χ2n) is 2.86. The summed E-state index contributed by atoms with van der Waals surface area (Å²) < 4.78 is 0.765. The molecule has 1 aromatic heterocycles. The first-order valence-corrected chi connectivity index (χ1v) is 5.61. The number of carboxylic acids is 1. The van der Waals surface area contributed by atoms with E-state index in [0.29, 0.717) is 4.88 Å². The third-order valence-corrected chi connectivity index (χ3v) is 3.45. The van der Waals surface area contributed by atoms with E-state index in [2.05, 4.69) is 15.9 Å². The molecule has 0 spiro atoms. The molecule has 0 bridgehead atoms. The highest BCUT2D eigenvalue weighted by Crippen LogP contribution is 2.24. The maximum Gasteiger partial charge on any atom is 0.372 e. The van der Waals surface area contributed by atoms with Crippen molar-refractivity contribution in [3.05, 3.63) is 20.8 Å². The van der Waals surface area contributed by atoms with Crippen molar-refractivity contribution in [2.75, 3.05) is 0 Å². The van der Waals surface area contributed by atoms with Crippen LogP contribution in [0.15, 0.2) is 15.9 Å². The third kappa shape index (κ3) is 2.73. The molecule has 1 heterocycles. The number of carbonyl (C=O) groups excluding carboxylic acids is 2. The van der Waals surface area contributed by atoms with E-state index in [-0.39, 0.29) is 0 Å². The summed E-state index contributed by atoms with van der Waals surface area (Å²) in [5.41, 5.74) is 0. The van der Waals surface area contributed by atoms with E-state index < -0.39 is 23.5 Å². The summed E-state index contributed by atoms with van der Waals surface area (Å²) in [5, 5.41) is 8.45. The number of halogens is 1. The van der Waals surface area contributed by atoms with E-state index in [9.17, 15) is 14.4 Å². The summed E-state index contributed by atoms with van der Waals surface area (Å²) in [6.07, 6.45) is 0. The van der Waals surface area contributed by atoms with Gasteiger partial charge in [-0.1, -0.05) is 0 Å². The van der Waals surface area contributed by atoms with E-state index >= 15 is 0 Å². The molecule has 1 unspecified atom stereocenters. The Morgan fingerprint density at radius 1 is 1.40 bits per heavy atom. The average molecular weight is 291 g/mol. The molecule has 0 aromatic carbocycles. The molecule has 0 fully saturated rings. The Balaban J connectivity index is 2.86. The van der Waals surface area contributed by atoms with E-state index in [0.717, 1.165) is 3.79 Å². The Morgan fingerprint density at radius 2 is 2.00 bits per heavy atom. The fraction of sp³-hybridized carbons (Fsp3) is 0.222. The Hall–Kier alpha value is -1.01. The van der Waals surface area contributed by atoms with Crippen LogP contribution in [-0.2, 0) is 9.59 Å². The summed E-state index contributed by atoms with van der Waals surface area (Å²) in [7, 11) is 0. The molecule has 0 saturated heterocycles. The molecule has 80 valence electrons. The highest BCUT2D eigenvalue weighted by atomic mass is 79.9. The lowest BCUT2D eigenvalue weighted by molar-refractivity contribution is -0.150. The fourth-order valence-electron chi connectivity index (χ4n) is 0.964. The summed E-state index contributed by atoms with van der Waals surface area (Å²) in [6.45, 7) is 1.30. The van der Waals surface area contributed by atoms with Gasteiger partial charge in [-0.2, -0.15) is 0 Å². The minimum absolute atomic E-state index is 0.379. The molecular weight excluding hydrogens is 284 g/mol. The summed E-state index contributed by atoms with van der Waals surface area (Å²) in [6, 6.07) is 3.23. The van der Waals surface area contributed by atoms with E-state index in [1.165, 1.54) is 18.3 Å². The Morgan fingerprint density at radius 3 is 2.40 bits per heavy atom. The SMILES string of the molecule is CC(C(=O)C(=O)O)C(=O)c1ccc(Br)s1. The van der Waals surface area contributed by atoms with E-state index in [1.807, 2.05) is 0 Å². The van der Waals surface area contributed by atoms with Gasteiger partial charge in [0.05, 0.1) is 14.6 Å². The van der Waals surface area contributed by atoms with Crippen molar-refractivity contribution in [1.29, 1.82) is 0 Å². The second-order valence-corrected chi connectivity index (χ2v) is 5.32. The smallest absolute Gasteiger partial charge is 0.372 e. The number of aliphatic carboxylic acids is 1. The molecule has 1 atom stereocenters. The van der Waals surface area contributed by atoms with Gasteiger partial charge in [-0.3, -0.25) is 9.59 Å². The number of Topliss-reactive ketones (excluding diaryl/α,β-unsaturated/α-hetero) is 2. The van der Waals surface area contributed by atoms with Crippen LogP contribution in [0.3, 0.4) is 0 Å². The summed E-state index contributed by atoms with van der Waals surface area (Å²) >= 11 is 4.36. The molecule has 1 N–H and O–H groups in total.